The van der Waals surface area contributed by atoms with Crippen LogP contribution in [0.5, 0.6) is 0 Å². The Morgan fingerprint density at radius 3 is 0.779 bits per heavy atom. The van der Waals surface area contributed by atoms with E-state index < -0.39 is 27.0 Å². The van der Waals surface area contributed by atoms with E-state index in [0.717, 1.165) is 61.0 Å². The Morgan fingerprint density at radius 1 is 0.317 bits per heavy atom. The summed E-state index contributed by atoms with van der Waals surface area (Å²) in [5.41, 5.74) is 25.6. The van der Waals surface area contributed by atoms with Gasteiger partial charge in [0, 0.05) is 44.9 Å². The van der Waals surface area contributed by atoms with Crippen molar-refractivity contribution in [2.75, 3.05) is 19.6 Å². The summed E-state index contributed by atoms with van der Waals surface area (Å²) in [6, 6.07) is 55.6. The van der Waals surface area contributed by atoms with E-state index in [1.165, 1.54) is 115 Å². The van der Waals surface area contributed by atoms with Gasteiger partial charge in [0.15, 0.2) is 0 Å². The molecule has 10 heteroatoms. The molecule has 7 aromatic carbocycles. The zero-order valence-electron chi connectivity index (χ0n) is 68.0. The Bertz CT molecular complexity index is 3610. The van der Waals surface area contributed by atoms with Crippen LogP contribution >= 0.6 is 38.8 Å². The molecular formula is C94H128Cl4N4Ru2-4. The Hall–Kier alpha value is -4.37. The fraction of sp³-hybridized carbons (Fsp3) is 0.468. The summed E-state index contributed by atoms with van der Waals surface area (Å²) in [4.78, 5) is 10.2. The minimum absolute atomic E-state index is 0.207. The second-order valence-electron chi connectivity index (χ2n) is 34.1. The summed E-state index contributed by atoms with van der Waals surface area (Å²) in [5, 5.41) is 0. The van der Waals surface area contributed by atoms with Gasteiger partial charge in [-0.2, -0.15) is 0 Å². The molecule has 1 aliphatic carbocycles. The first kappa shape index (κ1) is 86.9. The molecule has 4 heterocycles. The standard InChI is InChI=1S/4C18H28N.C15H10.C7H6.4ClH.2Ru/c4*1-7-14-10-9-11-15(8-2)16(14)19-13-17(3,4)12-18(19,5)6;1-2-6-12(7-3-1)15-11-10-13-8-4-5-9-14(13)15;1-7-5-3-2-4-6-7;;;;;;/h4*9-11,13H,7-8,12H2,1-6H3;1-9,11H;1-6H;4*1H;;/q4*-1;;;;;;;2*+2/p-4. The Labute approximate surface area is 660 Å². The number of anilines is 4. The summed E-state index contributed by atoms with van der Waals surface area (Å²) in [6.07, 6.45) is 15.8. The molecule has 4 fully saturated rings. The maximum atomic E-state index is 6.19. The van der Waals surface area contributed by atoms with Gasteiger partial charge in [-0.05, 0) is 151 Å². The van der Waals surface area contributed by atoms with Crippen LogP contribution in [-0.2, 0) is 78.4 Å². The van der Waals surface area contributed by atoms with Crippen LogP contribution in [0.3, 0.4) is 0 Å². The third-order valence-electron chi connectivity index (χ3n) is 20.9. The number of para-hydroxylation sites is 4. The van der Waals surface area contributed by atoms with Gasteiger partial charge in [-0.3, -0.25) is 0 Å². The van der Waals surface area contributed by atoms with Crippen molar-refractivity contribution in [2.24, 2.45) is 21.7 Å². The first-order chi connectivity index (χ1) is 48.8. The van der Waals surface area contributed by atoms with Crippen LogP contribution in [0.1, 0.15) is 259 Å². The van der Waals surface area contributed by atoms with E-state index in [-0.39, 0.29) is 43.8 Å². The van der Waals surface area contributed by atoms with Crippen molar-refractivity contribution in [2.45, 2.75) is 265 Å². The third kappa shape index (κ3) is 22.2. The van der Waals surface area contributed by atoms with E-state index in [1.807, 2.05) is 59.2 Å². The molecule has 0 aromatic heterocycles. The van der Waals surface area contributed by atoms with Crippen molar-refractivity contribution < 1.29 is 27.0 Å². The monoisotopic (exact) mass is 1660 g/mol. The Kier molecular flexibility index (Phi) is 30.8. The van der Waals surface area contributed by atoms with Gasteiger partial charge < -0.3 is 19.6 Å². The number of halogens is 4. The van der Waals surface area contributed by atoms with Gasteiger partial charge in [-0.1, -0.05) is 209 Å². The summed E-state index contributed by atoms with van der Waals surface area (Å²) in [7, 11) is 23.7. The number of nitrogens with zero attached hydrogens (tertiary/aromatic N) is 4. The summed E-state index contributed by atoms with van der Waals surface area (Å²) in [6.45, 7) is 65.5. The van der Waals surface area contributed by atoms with E-state index >= 15 is 0 Å². The number of rotatable bonds is 14. The molecule has 0 radical (unpaired) electrons. The van der Waals surface area contributed by atoms with Gasteiger partial charge in [0.2, 0.25) is 0 Å². The molecule has 12 rings (SSSR count). The molecule has 104 heavy (non-hydrogen) atoms. The van der Waals surface area contributed by atoms with Crippen LogP contribution in [0.2, 0.25) is 0 Å². The molecule has 572 valence electrons. The van der Waals surface area contributed by atoms with Gasteiger partial charge >= 0.3 is 193 Å². The third-order valence-corrected chi connectivity index (χ3v) is 25.9. The van der Waals surface area contributed by atoms with Crippen LogP contribution < -0.4 is 19.6 Å². The number of hydrogen-bond donors (Lipinski definition) is 0. The Morgan fingerprint density at radius 2 is 0.558 bits per heavy atom. The van der Waals surface area contributed by atoms with Crippen LogP contribution in [0.15, 0.2) is 164 Å². The fourth-order valence-corrected chi connectivity index (χ4v) is 21.7. The van der Waals surface area contributed by atoms with E-state index in [0.29, 0.717) is 0 Å². The molecule has 0 atom stereocenters. The quantitative estimate of drug-likeness (QED) is 0.0795. The van der Waals surface area contributed by atoms with E-state index in [4.69, 9.17) is 38.8 Å². The molecule has 0 amide bonds. The zero-order valence-corrected chi connectivity index (χ0v) is 74.5. The topological polar surface area (TPSA) is 13.0 Å². The van der Waals surface area contributed by atoms with Gasteiger partial charge in [0.25, 0.3) is 0 Å². The fourth-order valence-electron chi connectivity index (χ4n) is 17.4. The van der Waals surface area contributed by atoms with Crippen LogP contribution in [0.25, 0.3) is 5.57 Å². The summed E-state index contributed by atoms with van der Waals surface area (Å²) < 4.78 is 3.05. The summed E-state index contributed by atoms with van der Waals surface area (Å²) >= 11 is -3.50. The van der Waals surface area contributed by atoms with Gasteiger partial charge in [-0.15, -0.1) is 21.7 Å². The predicted molar refractivity (Wildman–Crippen MR) is 457 cm³/mol. The SMILES string of the molecule is CCc1cccc(CC)c1N1[CH-]C(C)(C)CC1(C)C.CCc1cccc(CC)c1N1[CH-]C(C)(C)CC1(C)C.CCc1cccc(CC)c1N1[CH-]C(C)(C)CC1(C)C.CCc1cccc(CC)c1N1[CH-]C(C)(C)CC1(C)C.[Cl][Ru]([Cl])=[CH]c1ccccc1.[Cl][Ru]([Cl])=[C]1C=C(c2ccccc2)c2ccccc21. The molecule has 5 aliphatic rings. The minimum atomic E-state index is -1.88. The maximum absolute atomic E-state index is 6.19. The number of benzene rings is 7. The van der Waals surface area contributed by atoms with Crippen LogP contribution in [0, 0.1) is 47.8 Å². The normalized spacial score (nSPS) is 18.7. The van der Waals surface area contributed by atoms with Gasteiger partial charge in [-0.25, -0.2) is 26.2 Å². The zero-order chi connectivity index (χ0) is 77.0. The van der Waals surface area contributed by atoms with Crippen LogP contribution in [0.4, 0.5) is 22.7 Å². The molecule has 4 nitrogen and oxygen atoms in total. The Balaban J connectivity index is 0.000000176. The molecule has 0 spiro atoms. The van der Waals surface area contributed by atoms with Gasteiger partial charge in [0.05, 0.1) is 0 Å². The van der Waals surface area contributed by atoms with Crippen molar-refractivity contribution in [1.29, 1.82) is 0 Å². The average Bonchev–Trinajstić information content (AvgIpc) is 1.63. The van der Waals surface area contributed by atoms with Crippen molar-refractivity contribution in [3.63, 3.8) is 0 Å². The number of aryl methyl sites for hydroxylation is 8. The van der Waals surface area contributed by atoms with Crippen molar-refractivity contribution >= 4 is 75.8 Å². The number of hydrogen-bond acceptors (Lipinski definition) is 4. The first-order valence-electron chi connectivity index (χ1n) is 38.4. The van der Waals surface area contributed by atoms with Crippen molar-refractivity contribution in [3.8, 4) is 0 Å². The molecule has 7 aromatic rings. The second-order valence-corrected chi connectivity index (χ2v) is 45.7. The van der Waals surface area contributed by atoms with E-state index in [2.05, 4.69) is 321 Å². The molecule has 0 unspecified atom stereocenters. The van der Waals surface area contributed by atoms with E-state index in [1.54, 1.807) is 0 Å². The predicted octanol–water partition coefficient (Wildman–Crippen LogP) is 27.3. The number of fused-ring (bicyclic) bond motifs is 1. The molecule has 0 N–H and O–H groups in total. The van der Waals surface area contributed by atoms with Crippen molar-refractivity contribution in [1.82, 2.24) is 0 Å². The van der Waals surface area contributed by atoms with Crippen molar-refractivity contribution in [3.05, 3.63) is 257 Å². The molecular weight excluding hydrogens is 1530 g/mol. The second kappa shape index (κ2) is 36.9. The molecule has 4 aliphatic heterocycles. The van der Waals surface area contributed by atoms with Gasteiger partial charge in [0.1, 0.15) is 0 Å². The van der Waals surface area contributed by atoms with E-state index in [9.17, 15) is 0 Å². The molecule has 4 saturated heterocycles. The number of allylic oxidation sites excluding steroid dienone is 1. The average molecular weight is 1660 g/mol. The van der Waals surface area contributed by atoms with Crippen LogP contribution in [-0.4, -0.2) is 30.9 Å². The first-order valence-corrected chi connectivity index (χ1v) is 49.3. The molecule has 0 bridgehead atoms. The summed E-state index contributed by atoms with van der Waals surface area (Å²) in [5.74, 6) is 0. The molecule has 0 saturated carbocycles.